The van der Waals surface area contributed by atoms with Crippen molar-refractivity contribution in [1.82, 2.24) is 9.78 Å². The lowest BCUT2D eigenvalue weighted by atomic mass is 9.90. The molecule has 1 amide bonds. The van der Waals surface area contributed by atoms with Gasteiger partial charge in [-0.3, -0.25) is 9.59 Å². The first-order valence-corrected chi connectivity index (χ1v) is 10.2. The third kappa shape index (κ3) is 5.34. The van der Waals surface area contributed by atoms with Gasteiger partial charge in [0.2, 0.25) is 11.8 Å². The van der Waals surface area contributed by atoms with Gasteiger partial charge in [-0.25, -0.2) is 0 Å². The average Bonchev–Trinajstić information content (AvgIpc) is 3.07. The van der Waals surface area contributed by atoms with Gasteiger partial charge in [-0.05, 0) is 32.0 Å². The highest BCUT2D eigenvalue weighted by Gasteiger charge is 2.28. The summed E-state index contributed by atoms with van der Waals surface area (Å²) >= 11 is 0. The molecule has 9 nitrogen and oxygen atoms in total. The zero-order valence-corrected chi connectivity index (χ0v) is 19.1. The SMILES string of the molecule is CCN(CC)c1ccc(N=Nc2c(C#N)c(C(C)(C)C)nn2C(C)=O)c(NC(C)=O)c1. The monoisotopic (exact) mass is 423 g/mol. The van der Waals surface area contributed by atoms with E-state index in [1.165, 1.54) is 13.8 Å². The van der Waals surface area contributed by atoms with E-state index in [2.05, 4.69) is 31.6 Å². The second-order valence-electron chi connectivity index (χ2n) is 8.09. The molecule has 1 aromatic carbocycles. The van der Waals surface area contributed by atoms with E-state index in [0.717, 1.165) is 23.5 Å². The Bertz CT molecular complexity index is 1050. The van der Waals surface area contributed by atoms with Crippen molar-refractivity contribution in [3.8, 4) is 6.07 Å². The summed E-state index contributed by atoms with van der Waals surface area (Å²) in [5.41, 5.74) is 2.05. The maximum Gasteiger partial charge on any atom is 0.245 e. The highest BCUT2D eigenvalue weighted by atomic mass is 16.2. The van der Waals surface area contributed by atoms with Crippen molar-refractivity contribution in [3.05, 3.63) is 29.5 Å². The molecule has 2 rings (SSSR count). The fraction of sp³-hybridized carbons (Fsp3) is 0.455. The topological polar surface area (TPSA) is 116 Å². The number of hydrogen-bond acceptors (Lipinski definition) is 7. The van der Waals surface area contributed by atoms with Gasteiger partial charge >= 0.3 is 0 Å². The zero-order valence-electron chi connectivity index (χ0n) is 19.1. The van der Waals surface area contributed by atoms with Gasteiger partial charge in [-0.15, -0.1) is 10.2 Å². The number of benzene rings is 1. The maximum atomic E-state index is 12.1. The van der Waals surface area contributed by atoms with Gasteiger partial charge in [0, 0.05) is 38.0 Å². The number of azo groups is 1. The molecule has 0 radical (unpaired) electrons. The number of carbonyl (C=O) groups is 2. The van der Waals surface area contributed by atoms with Crippen molar-refractivity contribution in [2.24, 2.45) is 10.2 Å². The van der Waals surface area contributed by atoms with Crippen molar-refractivity contribution >= 4 is 34.7 Å². The van der Waals surface area contributed by atoms with Crippen molar-refractivity contribution in [3.63, 3.8) is 0 Å². The van der Waals surface area contributed by atoms with E-state index in [9.17, 15) is 14.9 Å². The minimum Gasteiger partial charge on any atom is -0.372 e. The minimum atomic E-state index is -0.456. The number of nitrogens with one attached hydrogen (secondary N) is 1. The van der Waals surface area contributed by atoms with E-state index in [4.69, 9.17) is 0 Å². The van der Waals surface area contributed by atoms with E-state index >= 15 is 0 Å². The number of carbonyl (C=O) groups excluding carboxylic acids is 2. The summed E-state index contributed by atoms with van der Waals surface area (Å²) in [6, 6.07) is 7.57. The smallest absolute Gasteiger partial charge is 0.245 e. The molecule has 9 heteroatoms. The Morgan fingerprint density at radius 1 is 1.19 bits per heavy atom. The maximum absolute atomic E-state index is 12.1. The second kappa shape index (κ2) is 9.51. The minimum absolute atomic E-state index is 0.0709. The van der Waals surface area contributed by atoms with Crippen LogP contribution in [-0.4, -0.2) is 34.7 Å². The van der Waals surface area contributed by atoms with Gasteiger partial charge in [0.05, 0.1) is 11.4 Å². The highest BCUT2D eigenvalue weighted by Crippen LogP contribution is 2.35. The Hall–Kier alpha value is -3.54. The summed E-state index contributed by atoms with van der Waals surface area (Å²) in [5, 5.41) is 25.2. The lowest BCUT2D eigenvalue weighted by Crippen LogP contribution is -2.21. The molecule has 0 aliphatic heterocycles. The van der Waals surface area contributed by atoms with E-state index in [1.54, 1.807) is 6.07 Å². The first-order chi connectivity index (χ1) is 14.5. The Labute approximate surface area is 182 Å². The van der Waals surface area contributed by atoms with Crippen molar-refractivity contribution in [2.45, 2.75) is 53.9 Å². The summed E-state index contributed by atoms with van der Waals surface area (Å²) in [5.74, 6) is -0.545. The van der Waals surface area contributed by atoms with Crippen LogP contribution in [0.25, 0.3) is 0 Å². The standard InChI is InChI=1S/C22H29N7O2/c1-8-28(9-2)16-10-11-18(19(12-16)24-14(3)30)25-26-21-17(13-23)20(22(5,6)7)27-29(21)15(4)31/h10-12H,8-9H2,1-7H3,(H,24,30). The molecular weight excluding hydrogens is 394 g/mol. The summed E-state index contributed by atoms with van der Waals surface area (Å²) < 4.78 is 1.09. The molecule has 1 heterocycles. The Balaban J connectivity index is 2.61. The third-order valence-corrected chi connectivity index (χ3v) is 4.65. The van der Waals surface area contributed by atoms with Gasteiger partial charge < -0.3 is 10.2 Å². The summed E-state index contributed by atoms with van der Waals surface area (Å²) in [6.45, 7) is 14.2. The highest BCUT2D eigenvalue weighted by molar-refractivity contribution is 5.93. The molecule has 0 saturated carbocycles. The van der Waals surface area contributed by atoms with E-state index < -0.39 is 5.41 Å². The predicted molar refractivity (Wildman–Crippen MR) is 120 cm³/mol. The Kier molecular flexibility index (Phi) is 7.28. The molecule has 1 N–H and O–H groups in total. The normalized spacial score (nSPS) is 11.4. The number of hydrogen-bond donors (Lipinski definition) is 1. The van der Waals surface area contributed by atoms with Crippen LogP contribution in [0, 0.1) is 11.3 Å². The first kappa shape index (κ1) is 23.7. The van der Waals surface area contributed by atoms with Crippen LogP contribution >= 0.6 is 0 Å². The van der Waals surface area contributed by atoms with Crippen LogP contribution in [0.5, 0.6) is 0 Å². The summed E-state index contributed by atoms with van der Waals surface area (Å²) in [7, 11) is 0. The van der Waals surface area contributed by atoms with Gasteiger partial charge in [-0.1, -0.05) is 20.8 Å². The van der Waals surface area contributed by atoms with Crippen LogP contribution in [0.1, 0.15) is 64.5 Å². The average molecular weight is 424 g/mol. The van der Waals surface area contributed by atoms with Gasteiger partial charge in [-0.2, -0.15) is 15.0 Å². The molecule has 0 saturated heterocycles. The van der Waals surface area contributed by atoms with Crippen LogP contribution < -0.4 is 10.2 Å². The van der Waals surface area contributed by atoms with Gasteiger partial charge in [0.25, 0.3) is 0 Å². The van der Waals surface area contributed by atoms with Crippen LogP contribution in [0.15, 0.2) is 28.4 Å². The largest absolute Gasteiger partial charge is 0.372 e. The number of anilines is 2. The molecule has 0 fully saturated rings. The van der Waals surface area contributed by atoms with Crippen molar-refractivity contribution in [2.75, 3.05) is 23.3 Å². The predicted octanol–water partition coefficient (Wildman–Crippen LogP) is 4.93. The van der Waals surface area contributed by atoms with Crippen molar-refractivity contribution in [1.29, 1.82) is 5.26 Å². The number of nitrogens with zero attached hydrogens (tertiary/aromatic N) is 6. The van der Waals surface area contributed by atoms with Crippen LogP contribution in [0.2, 0.25) is 0 Å². The molecule has 0 aliphatic rings. The number of aromatic nitrogens is 2. The fourth-order valence-electron chi connectivity index (χ4n) is 3.14. The summed E-state index contributed by atoms with van der Waals surface area (Å²) in [4.78, 5) is 26.0. The molecule has 1 aromatic heterocycles. The molecule has 0 aliphatic carbocycles. The van der Waals surface area contributed by atoms with Gasteiger partial charge in [0.1, 0.15) is 17.3 Å². The lowest BCUT2D eigenvalue weighted by molar-refractivity contribution is -0.114. The molecule has 0 unspecified atom stereocenters. The number of rotatable bonds is 6. The lowest BCUT2D eigenvalue weighted by Gasteiger charge is -2.22. The van der Waals surface area contributed by atoms with E-state index in [1.807, 2.05) is 46.8 Å². The van der Waals surface area contributed by atoms with Crippen molar-refractivity contribution < 1.29 is 9.59 Å². The quantitative estimate of drug-likeness (QED) is 0.661. The first-order valence-electron chi connectivity index (χ1n) is 10.2. The second-order valence-corrected chi connectivity index (χ2v) is 8.09. The zero-order chi connectivity index (χ0) is 23.3. The van der Waals surface area contributed by atoms with Gasteiger partial charge in [0.15, 0.2) is 5.82 Å². The Morgan fingerprint density at radius 2 is 1.84 bits per heavy atom. The number of amides is 1. The Morgan fingerprint density at radius 3 is 2.32 bits per heavy atom. The van der Waals surface area contributed by atoms with Crippen LogP contribution in [0.3, 0.4) is 0 Å². The number of nitriles is 1. The van der Waals surface area contributed by atoms with E-state index in [-0.39, 0.29) is 23.2 Å². The fourth-order valence-corrected chi connectivity index (χ4v) is 3.14. The molecule has 2 aromatic rings. The molecule has 31 heavy (non-hydrogen) atoms. The third-order valence-electron chi connectivity index (χ3n) is 4.65. The summed E-state index contributed by atoms with van der Waals surface area (Å²) in [6.07, 6.45) is 0. The molecule has 0 spiro atoms. The molecule has 0 bridgehead atoms. The molecule has 164 valence electrons. The van der Waals surface area contributed by atoms with Crippen LogP contribution in [-0.2, 0) is 10.2 Å². The molecular formula is C22H29N7O2. The van der Waals surface area contributed by atoms with Crippen LogP contribution in [0.4, 0.5) is 22.9 Å². The van der Waals surface area contributed by atoms with E-state index in [0.29, 0.717) is 17.1 Å². The molecule has 0 atom stereocenters.